The summed E-state index contributed by atoms with van der Waals surface area (Å²) < 4.78 is 1.61. The molecule has 0 fully saturated rings. The molecule has 3 N–H and O–H groups in total. The quantitative estimate of drug-likeness (QED) is 0.787. The Morgan fingerprint density at radius 2 is 1.84 bits per heavy atom. The number of nitrogens with two attached hydrogens (primary N) is 1. The fourth-order valence-electron chi connectivity index (χ4n) is 1.69. The predicted molar refractivity (Wildman–Crippen MR) is 85.0 cm³/mol. The summed E-state index contributed by atoms with van der Waals surface area (Å²) >= 11 is 6.73. The van der Waals surface area contributed by atoms with E-state index in [0.717, 1.165) is 14.5 Å². The fraction of sp³-hybridized carbons (Fsp3) is 0.0714. The first-order valence-corrected chi connectivity index (χ1v) is 7.23. The van der Waals surface area contributed by atoms with E-state index in [-0.39, 0.29) is 5.91 Å². The summed E-state index contributed by atoms with van der Waals surface area (Å²) in [5.74, 6) is -0.0964. The number of anilines is 2. The van der Waals surface area contributed by atoms with Crippen LogP contribution in [0.3, 0.4) is 0 Å². The van der Waals surface area contributed by atoms with Crippen LogP contribution in [0.4, 0.5) is 11.4 Å². The molecule has 0 aromatic heterocycles. The van der Waals surface area contributed by atoms with Crippen LogP contribution >= 0.6 is 31.9 Å². The Bertz CT molecular complexity index is 577. The van der Waals surface area contributed by atoms with E-state index in [1.165, 1.54) is 0 Å². The van der Waals surface area contributed by atoms with Crippen molar-refractivity contribution < 1.29 is 4.79 Å². The van der Waals surface area contributed by atoms with Crippen molar-refractivity contribution >= 4 is 49.1 Å². The molecule has 1 amide bonds. The van der Waals surface area contributed by atoms with Gasteiger partial charge in [-0.15, -0.1) is 0 Å². The first-order chi connectivity index (χ1) is 9.06. The molecule has 0 aliphatic heterocycles. The molecule has 0 unspecified atom stereocenters. The lowest BCUT2D eigenvalue weighted by Crippen LogP contribution is -2.15. The van der Waals surface area contributed by atoms with Crippen molar-refractivity contribution in [2.75, 3.05) is 11.1 Å². The van der Waals surface area contributed by atoms with Crippen LogP contribution in [-0.4, -0.2) is 5.91 Å². The van der Waals surface area contributed by atoms with Gasteiger partial charge in [0.25, 0.3) is 0 Å². The van der Waals surface area contributed by atoms with E-state index in [9.17, 15) is 4.79 Å². The molecule has 98 valence electrons. The fourth-order valence-corrected chi connectivity index (χ4v) is 3.05. The lowest BCUT2D eigenvalue weighted by molar-refractivity contribution is -0.115. The van der Waals surface area contributed by atoms with Crippen molar-refractivity contribution in [1.29, 1.82) is 0 Å². The molecule has 2 rings (SSSR count). The summed E-state index contributed by atoms with van der Waals surface area (Å²) in [7, 11) is 0. The number of hydrogen-bond acceptors (Lipinski definition) is 2. The molecule has 2 aromatic rings. The van der Waals surface area contributed by atoms with E-state index in [2.05, 4.69) is 37.2 Å². The van der Waals surface area contributed by atoms with Gasteiger partial charge in [-0.05, 0) is 33.6 Å². The van der Waals surface area contributed by atoms with Crippen LogP contribution in [0.1, 0.15) is 5.56 Å². The Labute approximate surface area is 128 Å². The highest BCUT2D eigenvalue weighted by Crippen LogP contribution is 2.32. The maximum atomic E-state index is 12.0. The summed E-state index contributed by atoms with van der Waals surface area (Å²) in [6.07, 6.45) is 0.322. The second kappa shape index (κ2) is 6.21. The van der Waals surface area contributed by atoms with Gasteiger partial charge in [-0.1, -0.05) is 46.3 Å². The van der Waals surface area contributed by atoms with Crippen molar-refractivity contribution in [2.24, 2.45) is 0 Å². The normalized spacial score (nSPS) is 10.2. The van der Waals surface area contributed by atoms with E-state index >= 15 is 0 Å². The first-order valence-electron chi connectivity index (χ1n) is 5.64. The maximum absolute atomic E-state index is 12.0. The monoisotopic (exact) mass is 382 g/mol. The van der Waals surface area contributed by atoms with Crippen molar-refractivity contribution in [1.82, 2.24) is 0 Å². The van der Waals surface area contributed by atoms with E-state index < -0.39 is 0 Å². The van der Waals surface area contributed by atoms with Crippen molar-refractivity contribution in [3.05, 3.63) is 57.0 Å². The summed E-state index contributed by atoms with van der Waals surface area (Å²) in [6.45, 7) is 0. The maximum Gasteiger partial charge on any atom is 0.228 e. The zero-order valence-electron chi connectivity index (χ0n) is 9.99. The number of carbonyl (C=O) groups excluding carboxylic acids is 1. The third-order valence-corrected chi connectivity index (χ3v) is 3.64. The van der Waals surface area contributed by atoms with Gasteiger partial charge in [0.2, 0.25) is 5.91 Å². The Kier molecular flexibility index (Phi) is 4.61. The molecule has 3 nitrogen and oxygen atoms in total. The van der Waals surface area contributed by atoms with E-state index in [4.69, 9.17) is 5.73 Å². The van der Waals surface area contributed by atoms with Gasteiger partial charge in [-0.3, -0.25) is 4.79 Å². The number of rotatable bonds is 3. The zero-order chi connectivity index (χ0) is 13.8. The number of nitrogen functional groups attached to an aromatic ring is 1. The Balaban J connectivity index is 2.12. The Morgan fingerprint density at radius 3 is 2.47 bits per heavy atom. The molecule has 0 aliphatic rings. The zero-order valence-corrected chi connectivity index (χ0v) is 13.2. The lowest BCUT2D eigenvalue weighted by Gasteiger charge is -2.11. The number of amides is 1. The molecule has 19 heavy (non-hydrogen) atoms. The third-order valence-electron chi connectivity index (χ3n) is 2.56. The van der Waals surface area contributed by atoms with Crippen LogP contribution in [0.2, 0.25) is 0 Å². The van der Waals surface area contributed by atoms with Crippen LogP contribution in [0.5, 0.6) is 0 Å². The Morgan fingerprint density at radius 1 is 1.16 bits per heavy atom. The molecule has 0 saturated carbocycles. The lowest BCUT2D eigenvalue weighted by atomic mass is 10.1. The minimum atomic E-state index is -0.0964. The van der Waals surface area contributed by atoms with Gasteiger partial charge in [0.1, 0.15) is 0 Å². The molecular weight excluding hydrogens is 372 g/mol. The van der Waals surface area contributed by atoms with Gasteiger partial charge in [0, 0.05) is 8.95 Å². The molecule has 0 heterocycles. The number of hydrogen-bond donors (Lipinski definition) is 2. The molecule has 2 aromatic carbocycles. The smallest absolute Gasteiger partial charge is 0.228 e. The van der Waals surface area contributed by atoms with Crippen LogP contribution in [0.25, 0.3) is 0 Å². The van der Waals surface area contributed by atoms with Gasteiger partial charge in [-0.2, -0.15) is 0 Å². The average molecular weight is 384 g/mol. The van der Waals surface area contributed by atoms with Gasteiger partial charge in [-0.25, -0.2) is 0 Å². The summed E-state index contributed by atoms with van der Waals surface area (Å²) in [5, 5.41) is 2.82. The van der Waals surface area contributed by atoms with Crippen molar-refractivity contribution in [2.45, 2.75) is 6.42 Å². The van der Waals surface area contributed by atoms with Crippen molar-refractivity contribution in [3.8, 4) is 0 Å². The number of halogens is 2. The highest BCUT2D eigenvalue weighted by atomic mass is 79.9. The van der Waals surface area contributed by atoms with Gasteiger partial charge in [0.15, 0.2) is 0 Å². The number of nitrogens with one attached hydrogen (secondary N) is 1. The van der Waals surface area contributed by atoms with Crippen LogP contribution < -0.4 is 11.1 Å². The molecule has 0 bridgehead atoms. The summed E-state index contributed by atoms with van der Waals surface area (Å²) in [4.78, 5) is 12.0. The molecular formula is C14H12Br2N2O. The van der Waals surface area contributed by atoms with Crippen LogP contribution in [-0.2, 0) is 11.2 Å². The van der Waals surface area contributed by atoms with Crippen LogP contribution in [0.15, 0.2) is 51.4 Å². The molecule has 0 radical (unpaired) electrons. The third kappa shape index (κ3) is 3.81. The Hall–Kier alpha value is -1.33. The second-order valence-electron chi connectivity index (χ2n) is 4.06. The predicted octanol–water partition coefficient (Wildman–Crippen LogP) is 3.98. The second-order valence-corrected chi connectivity index (χ2v) is 5.83. The van der Waals surface area contributed by atoms with Gasteiger partial charge in [0.05, 0.1) is 17.8 Å². The molecule has 5 heteroatoms. The molecule has 0 atom stereocenters. The van der Waals surface area contributed by atoms with Crippen LogP contribution in [0, 0.1) is 0 Å². The molecule has 0 aliphatic carbocycles. The van der Waals surface area contributed by atoms with Crippen molar-refractivity contribution in [3.63, 3.8) is 0 Å². The van der Waals surface area contributed by atoms with E-state index in [1.54, 1.807) is 6.07 Å². The largest absolute Gasteiger partial charge is 0.397 e. The highest BCUT2D eigenvalue weighted by Gasteiger charge is 2.10. The highest BCUT2D eigenvalue weighted by molar-refractivity contribution is 9.11. The summed E-state index contributed by atoms with van der Waals surface area (Å²) in [6, 6.07) is 13.2. The topological polar surface area (TPSA) is 55.1 Å². The molecule has 0 spiro atoms. The SMILES string of the molecule is Nc1cc(Br)cc(Br)c1NC(=O)Cc1ccccc1. The molecule has 0 saturated heterocycles. The summed E-state index contributed by atoms with van der Waals surface area (Å²) in [5.41, 5.74) is 7.97. The number of carbonyl (C=O) groups is 1. The average Bonchev–Trinajstić information content (AvgIpc) is 2.35. The number of benzene rings is 2. The minimum absolute atomic E-state index is 0.0964. The van der Waals surface area contributed by atoms with Gasteiger partial charge >= 0.3 is 0 Å². The minimum Gasteiger partial charge on any atom is -0.397 e. The standard InChI is InChI=1S/C14H12Br2N2O/c15-10-7-11(16)14(12(17)8-10)18-13(19)6-9-4-2-1-3-5-9/h1-5,7-8H,6,17H2,(H,18,19). The first kappa shape index (κ1) is 14.1. The van der Waals surface area contributed by atoms with Gasteiger partial charge < -0.3 is 11.1 Å². The van der Waals surface area contributed by atoms with E-state index in [0.29, 0.717) is 17.8 Å². The van der Waals surface area contributed by atoms with E-state index in [1.807, 2.05) is 36.4 Å².